The van der Waals surface area contributed by atoms with Gasteiger partial charge in [0.05, 0.1) is 11.3 Å². The van der Waals surface area contributed by atoms with Crippen molar-refractivity contribution in [3.63, 3.8) is 0 Å². The van der Waals surface area contributed by atoms with Gasteiger partial charge in [-0.1, -0.05) is 0 Å². The predicted molar refractivity (Wildman–Crippen MR) is 56.7 cm³/mol. The van der Waals surface area contributed by atoms with Gasteiger partial charge in [0.1, 0.15) is 0 Å². The summed E-state index contributed by atoms with van der Waals surface area (Å²) in [7, 11) is -3.91. The fourth-order valence-corrected chi connectivity index (χ4v) is 2.09. The molecule has 0 atom stereocenters. The lowest BCUT2D eigenvalue weighted by Gasteiger charge is -2.08. The first kappa shape index (κ1) is 13.8. The van der Waals surface area contributed by atoms with E-state index in [1.807, 2.05) is 4.72 Å². The van der Waals surface area contributed by atoms with Gasteiger partial charge in [0.2, 0.25) is 10.0 Å². The van der Waals surface area contributed by atoms with Crippen molar-refractivity contribution < 1.29 is 21.6 Å². The van der Waals surface area contributed by atoms with Crippen LogP contribution in [0.25, 0.3) is 0 Å². The standard InChI is InChI=1S/C9H11F3N2O2S/c10-9(11,12)5-6-14-17(15,16)8-3-1-7(13)2-4-8/h1-4,14H,5-6,13H2. The fourth-order valence-electron chi connectivity index (χ4n) is 1.06. The summed E-state index contributed by atoms with van der Waals surface area (Å²) in [4.78, 5) is -0.117. The van der Waals surface area contributed by atoms with Gasteiger partial charge in [-0.15, -0.1) is 0 Å². The van der Waals surface area contributed by atoms with E-state index in [-0.39, 0.29) is 4.90 Å². The van der Waals surface area contributed by atoms with E-state index >= 15 is 0 Å². The quantitative estimate of drug-likeness (QED) is 0.813. The number of alkyl halides is 3. The Labute approximate surface area is 96.7 Å². The average molecular weight is 268 g/mol. The molecule has 0 unspecified atom stereocenters. The molecule has 0 heterocycles. The zero-order valence-electron chi connectivity index (χ0n) is 8.66. The van der Waals surface area contributed by atoms with E-state index in [9.17, 15) is 21.6 Å². The van der Waals surface area contributed by atoms with Gasteiger partial charge >= 0.3 is 6.18 Å². The molecule has 0 saturated carbocycles. The third-order valence-corrected chi connectivity index (χ3v) is 3.37. The highest BCUT2D eigenvalue weighted by Gasteiger charge is 2.27. The first-order valence-electron chi connectivity index (χ1n) is 4.63. The third-order valence-electron chi connectivity index (χ3n) is 1.89. The number of benzene rings is 1. The molecule has 0 saturated heterocycles. The number of hydrogen-bond acceptors (Lipinski definition) is 3. The lowest BCUT2D eigenvalue weighted by atomic mass is 10.3. The van der Waals surface area contributed by atoms with E-state index in [1.54, 1.807) is 0 Å². The van der Waals surface area contributed by atoms with Crippen molar-refractivity contribution in [1.29, 1.82) is 0 Å². The summed E-state index contributed by atoms with van der Waals surface area (Å²) >= 11 is 0. The number of hydrogen-bond donors (Lipinski definition) is 2. The summed E-state index contributed by atoms with van der Waals surface area (Å²) < 4.78 is 60.4. The minimum Gasteiger partial charge on any atom is -0.399 e. The van der Waals surface area contributed by atoms with Crippen LogP contribution in [0.5, 0.6) is 0 Å². The van der Waals surface area contributed by atoms with Crippen molar-refractivity contribution in [2.75, 3.05) is 12.3 Å². The van der Waals surface area contributed by atoms with Crippen LogP contribution in [0.3, 0.4) is 0 Å². The second-order valence-corrected chi connectivity index (χ2v) is 5.10. The highest BCUT2D eigenvalue weighted by molar-refractivity contribution is 7.89. The van der Waals surface area contributed by atoms with Gasteiger partial charge in [-0.2, -0.15) is 13.2 Å². The van der Waals surface area contributed by atoms with Crippen LogP contribution in [0.4, 0.5) is 18.9 Å². The first-order valence-corrected chi connectivity index (χ1v) is 6.11. The largest absolute Gasteiger partial charge is 0.399 e. The van der Waals surface area contributed by atoms with Crippen molar-refractivity contribution in [2.45, 2.75) is 17.5 Å². The van der Waals surface area contributed by atoms with Crippen LogP contribution in [0, 0.1) is 0 Å². The van der Waals surface area contributed by atoms with Crippen LogP contribution in [0.1, 0.15) is 6.42 Å². The van der Waals surface area contributed by atoms with Crippen LogP contribution in [-0.2, 0) is 10.0 Å². The number of halogens is 3. The Morgan fingerprint density at radius 2 is 1.71 bits per heavy atom. The molecule has 1 aromatic rings. The molecule has 0 spiro atoms. The number of anilines is 1. The summed E-state index contributed by atoms with van der Waals surface area (Å²) in [5.41, 5.74) is 5.74. The molecule has 1 aromatic carbocycles. The van der Waals surface area contributed by atoms with Crippen molar-refractivity contribution >= 4 is 15.7 Å². The van der Waals surface area contributed by atoms with Gasteiger partial charge in [-0.05, 0) is 24.3 Å². The number of nitrogens with one attached hydrogen (secondary N) is 1. The average Bonchev–Trinajstić information content (AvgIpc) is 2.15. The molecule has 96 valence electrons. The van der Waals surface area contributed by atoms with Crippen molar-refractivity contribution in [2.24, 2.45) is 0 Å². The Balaban J connectivity index is 2.66. The lowest BCUT2D eigenvalue weighted by Crippen LogP contribution is -2.28. The van der Waals surface area contributed by atoms with E-state index in [0.717, 1.165) is 0 Å². The van der Waals surface area contributed by atoms with E-state index in [0.29, 0.717) is 5.69 Å². The molecule has 0 radical (unpaired) electrons. The number of sulfonamides is 1. The monoisotopic (exact) mass is 268 g/mol. The SMILES string of the molecule is Nc1ccc(S(=O)(=O)NCCC(F)(F)F)cc1. The van der Waals surface area contributed by atoms with Crippen molar-refractivity contribution in [3.8, 4) is 0 Å². The van der Waals surface area contributed by atoms with Gasteiger partial charge in [0.25, 0.3) is 0 Å². The van der Waals surface area contributed by atoms with Crippen LogP contribution in [-0.4, -0.2) is 21.1 Å². The van der Waals surface area contributed by atoms with Gasteiger partial charge in [-0.3, -0.25) is 0 Å². The Morgan fingerprint density at radius 1 is 1.18 bits per heavy atom. The molecule has 3 N–H and O–H groups in total. The van der Waals surface area contributed by atoms with Gasteiger partial charge < -0.3 is 5.73 Å². The zero-order valence-corrected chi connectivity index (χ0v) is 9.48. The van der Waals surface area contributed by atoms with E-state index < -0.39 is 29.2 Å². The number of nitrogen functional groups attached to an aromatic ring is 1. The highest BCUT2D eigenvalue weighted by Crippen LogP contribution is 2.19. The van der Waals surface area contributed by atoms with Gasteiger partial charge in [0, 0.05) is 12.2 Å². The van der Waals surface area contributed by atoms with Crippen LogP contribution < -0.4 is 10.5 Å². The third kappa shape index (κ3) is 4.61. The molecule has 0 aromatic heterocycles. The Hall–Kier alpha value is -1.28. The molecular weight excluding hydrogens is 257 g/mol. The van der Waals surface area contributed by atoms with Crippen molar-refractivity contribution in [3.05, 3.63) is 24.3 Å². The Morgan fingerprint density at radius 3 is 2.18 bits per heavy atom. The van der Waals surface area contributed by atoms with E-state index in [2.05, 4.69) is 0 Å². The molecule has 1 rings (SSSR count). The Bertz CT molecular complexity index is 468. The molecule has 0 aliphatic rings. The molecule has 4 nitrogen and oxygen atoms in total. The maximum absolute atomic E-state index is 11.8. The lowest BCUT2D eigenvalue weighted by molar-refractivity contribution is -0.132. The molecule has 8 heteroatoms. The number of nitrogens with two attached hydrogens (primary N) is 1. The first-order chi connectivity index (χ1) is 7.71. The maximum Gasteiger partial charge on any atom is 0.390 e. The molecule has 0 fully saturated rings. The van der Waals surface area contributed by atoms with Crippen LogP contribution in [0.15, 0.2) is 29.2 Å². The molecule has 0 aliphatic heterocycles. The molecule has 17 heavy (non-hydrogen) atoms. The molecular formula is C9H11F3N2O2S. The predicted octanol–water partition coefficient (Wildman–Crippen LogP) is 1.50. The summed E-state index contributed by atoms with van der Waals surface area (Å²) in [5, 5.41) is 0. The molecule has 0 amide bonds. The van der Waals surface area contributed by atoms with Gasteiger partial charge in [0.15, 0.2) is 0 Å². The summed E-state index contributed by atoms with van der Waals surface area (Å²) in [6, 6.07) is 5.17. The number of rotatable bonds is 4. The second-order valence-electron chi connectivity index (χ2n) is 3.33. The topological polar surface area (TPSA) is 72.2 Å². The summed E-state index contributed by atoms with van der Waals surface area (Å²) in [6.07, 6.45) is -5.59. The smallest absolute Gasteiger partial charge is 0.390 e. The highest BCUT2D eigenvalue weighted by atomic mass is 32.2. The zero-order chi connectivity index (χ0) is 13.1. The maximum atomic E-state index is 11.8. The minimum absolute atomic E-state index is 0.117. The van der Waals surface area contributed by atoms with Crippen molar-refractivity contribution in [1.82, 2.24) is 4.72 Å². The van der Waals surface area contributed by atoms with Gasteiger partial charge in [-0.25, -0.2) is 13.1 Å². The fraction of sp³-hybridized carbons (Fsp3) is 0.333. The Kier molecular flexibility index (Phi) is 3.99. The normalized spacial score (nSPS) is 12.6. The summed E-state index contributed by atoms with van der Waals surface area (Å²) in [6.45, 7) is -0.684. The van der Waals surface area contributed by atoms with Crippen LogP contribution >= 0.6 is 0 Å². The summed E-state index contributed by atoms with van der Waals surface area (Å²) in [5.74, 6) is 0. The molecule has 0 bridgehead atoms. The second kappa shape index (κ2) is 4.92. The minimum atomic E-state index is -4.39. The molecule has 0 aliphatic carbocycles. The van der Waals surface area contributed by atoms with Crippen LogP contribution in [0.2, 0.25) is 0 Å². The van der Waals surface area contributed by atoms with E-state index in [4.69, 9.17) is 5.73 Å². The van der Waals surface area contributed by atoms with E-state index in [1.165, 1.54) is 24.3 Å².